The SMILES string of the molecule is O=[N+]([O-])c1cccc(CNC2C3C4CCC(C4)C23)c1F. The van der Waals surface area contributed by atoms with Crippen LogP contribution < -0.4 is 5.32 Å². The average Bonchev–Trinajstić information content (AvgIpc) is 2.81. The zero-order valence-electron chi connectivity index (χ0n) is 11.1. The largest absolute Gasteiger partial charge is 0.309 e. The minimum Gasteiger partial charge on any atom is -0.309 e. The number of hydrogen-bond donors (Lipinski definition) is 1. The fourth-order valence-electron chi connectivity index (χ4n) is 4.67. The van der Waals surface area contributed by atoms with Gasteiger partial charge >= 0.3 is 5.69 Å². The molecule has 1 aromatic carbocycles. The van der Waals surface area contributed by atoms with E-state index in [-0.39, 0.29) is 0 Å². The molecule has 0 aromatic heterocycles. The van der Waals surface area contributed by atoms with Crippen LogP contribution in [0.15, 0.2) is 18.2 Å². The lowest BCUT2D eigenvalue weighted by atomic mass is 10.0. The van der Waals surface area contributed by atoms with Gasteiger partial charge in [0.05, 0.1) is 4.92 Å². The summed E-state index contributed by atoms with van der Waals surface area (Å²) in [6.07, 6.45) is 4.10. The highest BCUT2D eigenvalue weighted by Gasteiger charge is 2.64. The molecule has 106 valence electrons. The van der Waals surface area contributed by atoms with Crippen LogP contribution in [0.1, 0.15) is 24.8 Å². The van der Waals surface area contributed by atoms with Gasteiger partial charge in [-0.1, -0.05) is 12.1 Å². The van der Waals surface area contributed by atoms with E-state index >= 15 is 0 Å². The van der Waals surface area contributed by atoms with E-state index in [2.05, 4.69) is 5.32 Å². The zero-order chi connectivity index (χ0) is 13.9. The standard InChI is InChI=1S/C15H17FN2O2/c16-14-10(2-1-3-11(14)18(19)20)7-17-15-12-8-4-5-9(6-8)13(12)15/h1-3,8-9,12-13,15,17H,4-7H2. The number of nitro benzene ring substituents is 1. The van der Waals surface area contributed by atoms with Crippen LogP contribution in [0.4, 0.5) is 10.1 Å². The first-order valence-electron chi connectivity index (χ1n) is 7.32. The number of benzene rings is 1. The summed E-state index contributed by atoms with van der Waals surface area (Å²) < 4.78 is 14.0. The Morgan fingerprint density at radius 2 is 2.00 bits per heavy atom. The van der Waals surface area contributed by atoms with Crippen molar-refractivity contribution in [2.24, 2.45) is 23.7 Å². The molecule has 4 nitrogen and oxygen atoms in total. The summed E-state index contributed by atoms with van der Waals surface area (Å²) in [5, 5.41) is 14.1. The Morgan fingerprint density at radius 1 is 1.30 bits per heavy atom. The first-order chi connectivity index (χ1) is 9.66. The second kappa shape index (κ2) is 4.25. The number of rotatable bonds is 4. The number of nitrogens with one attached hydrogen (secondary N) is 1. The average molecular weight is 276 g/mol. The number of hydrogen-bond acceptors (Lipinski definition) is 3. The highest BCUT2D eigenvalue weighted by atomic mass is 19.1. The maximum Gasteiger partial charge on any atom is 0.305 e. The van der Waals surface area contributed by atoms with Gasteiger partial charge in [-0.05, 0) is 42.9 Å². The third kappa shape index (κ3) is 1.69. The summed E-state index contributed by atoms with van der Waals surface area (Å²) in [6.45, 7) is 0.393. The van der Waals surface area contributed by atoms with Crippen molar-refractivity contribution in [1.82, 2.24) is 5.32 Å². The van der Waals surface area contributed by atoms with Gasteiger partial charge in [-0.25, -0.2) is 0 Å². The summed E-state index contributed by atoms with van der Waals surface area (Å²) in [5.41, 5.74) is -0.0307. The van der Waals surface area contributed by atoms with E-state index in [1.807, 2.05) is 0 Å². The molecular weight excluding hydrogens is 259 g/mol. The van der Waals surface area contributed by atoms with Crippen LogP contribution >= 0.6 is 0 Å². The quantitative estimate of drug-likeness (QED) is 0.679. The summed E-state index contributed by atoms with van der Waals surface area (Å²) in [5.74, 6) is 2.62. The van der Waals surface area contributed by atoms with Gasteiger partial charge in [-0.2, -0.15) is 4.39 Å². The molecule has 5 heteroatoms. The number of halogens is 1. The van der Waals surface area contributed by atoms with Crippen LogP contribution in [0.25, 0.3) is 0 Å². The fraction of sp³-hybridized carbons (Fsp3) is 0.600. The maximum absolute atomic E-state index is 14.0. The second-order valence-corrected chi connectivity index (χ2v) is 6.40. The molecule has 3 aliphatic rings. The van der Waals surface area contributed by atoms with Crippen LogP contribution in [0.3, 0.4) is 0 Å². The molecule has 0 radical (unpaired) electrons. The molecule has 4 rings (SSSR count). The van der Waals surface area contributed by atoms with Crippen LogP contribution in [0.2, 0.25) is 0 Å². The van der Waals surface area contributed by atoms with E-state index in [0.29, 0.717) is 18.2 Å². The molecule has 0 amide bonds. The Bertz CT molecular complexity index is 561. The van der Waals surface area contributed by atoms with Crippen LogP contribution in [-0.2, 0) is 6.54 Å². The molecule has 20 heavy (non-hydrogen) atoms. The highest BCUT2D eigenvalue weighted by molar-refractivity contribution is 5.36. The normalized spacial score (nSPS) is 37.0. The Morgan fingerprint density at radius 3 is 2.65 bits per heavy atom. The first kappa shape index (κ1) is 12.3. The molecule has 3 fully saturated rings. The van der Waals surface area contributed by atoms with E-state index in [1.165, 1.54) is 25.3 Å². The van der Waals surface area contributed by atoms with Crippen LogP contribution in [-0.4, -0.2) is 11.0 Å². The summed E-state index contributed by atoms with van der Waals surface area (Å²) in [7, 11) is 0. The van der Waals surface area contributed by atoms with Crippen molar-refractivity contribution in [2.75, 3.05) is 0 Å². The number of nitro groups is 1. The second-order valence-electron chi connectivity index (χ2n) is 6.40. The lowest BCUT2D eigenvalue weighted by molar-refractivity contribution is -0.387. The summed E-state index contributed by atoms with van der Waals surface area (Å²) in [6, 6.07) is 4.91. The van der Waals surface area contributed by atoms with Gasteiger partial charge in [0.2, 0.25) is 5.82 Å². The smallest absolute Gasteiger partial charge is 0.305 e. The first-order valence-corrected chi connectivity index (χ1v) is 7.32. The Labute approximate surface area is 116 Å². The van der Waals surface area contributed by atoms with Gasteiger partial charge in [0, 0.05) is 24.2 Å². The Hall–Kier alpha value is -1.49. The predicted molar refractivity (Wildman–Crippen MR) is 71.5 cm³/mol. The minimum atomic E-state index is -0.696. The summed E-state index contributed by atoms with van der Waals surface area (Å²) >= 11 is 0. The molecule has 0 aliphatic heterocycles. The van der Waals surface area contributed by atoms with Gasteiger partial charge in [0.15, 0.2) is 0 Å². The van der Waals surface area contributed by atoms with Crippen molar-refractivity contribution in [3.63, 3.8) is 0 Å². The van der Waals surface area contributed by atoms with Crippen molar-refractivity contribution >= 4 is 5.69 Å². The Kier molecular flexibility index (Phi) is 2.61. The van der Waals surface area contributed by atoms with E-state index in [1.54, 1.807) is 12.1 Å². The molecule has 3 saturated carbocycles. The molecule has 0 spiro atoms. The minimum absolute atomic E-state index is 0.393. The monoisotopic (exact) mass is 276 g/mol. The van der Waals surface area contributed by atoms with Gasteiger partial charge < -0.3 is 5.32 Å². The molecule has 4 atom stereocenters. The predicted octanol–water partition coefficient (Wildman–Crippen LogP) is 2.87. The topological polar surface area (TPSA) is 55.2 Å². The number of fused-ring (bicyclic) bond motifs is 5. The highest BCUT2D eigenvalue weighted by Crippen LogP contribution is 2.65. The molecule has 4 unspecified atom stereocenters. The molecule has 3 aliphatic carbocycles. The van der Waals surface area contributed by atoms with E-state index < -0.39 is 16.4 Å². The molecule has 2 bridgehead atoms. The number of nitrogens with zero attached hydrogens (tertiary/aromatic N) is 1. The third-order valence-corrected chi connectivity index (χ3v) is 5.52. The van der Waals surface area contributed by atoms with E-state index in [4.69, 9.17) is 0 Å². The summed E-state index contributed by atoms with van der Waals surface area (Å²) in [4.78, 5) is 10.1. The van der Waals surface area contributed by atoms with Crippen molar-refractivity contribution in [2.45, 2.75) is 31.8 Å². The molecular formula is C15H17FN2O2. The van der Waals surface area contributed by atoms with Crippen LogP contribution in [0.5, 0.6) is 0 Å². The fourth-order valence-corrected chi connectivity index (χ4v) is 4.67. The van der Waals surface area contributed by atoms with Gasteiger partial charge in [0.1, 0.15) is 0 Å². The lowest BCUT2D eigenvalue weighted by Gasteiger charge is -2.11. The van der Waals surface area contributed by atoms with Gasteiger partial charge in [0.25, 0.3) is 0 Å². The maximum atomic E-state index is 14.0. The van der Waals surface area contributed by atoms with E-state index in [9.17, 15) is 14.5 Å². The zero-order valence-corrected chi connectivity index (χ0v) is 11.1. The van der Waals surface area contributed by atoms with E-state index in [0.717, 1.165) is 23.7 Å². The third-order valence-electron chi connectivity index (χ3n) is 5.52. The molecule has 0 heterocycles. The Balaban J connectivity index is 1.44. The van der Waals surface area contributed by atoms with Crippen molar-refractivity contribution < 1.29 is 9.31 Å². The van der Waals surface area contributed by atoms with Crippen molar-refractivity contribution in [3.05, 3.63) is 39.7 Å². The van der Waals surface area contributed by atoms with Gasteiger partial charge in [-0.3, -0.25) is 10.1 Å². The van der Waals surface area contributed by atoms with Crippen molar-refractivity contribution in [3.8, 4) is 0 Å². The van der Waals surface area contributed by atoms with Crippen LogP contribution in [0, 0.1) is 39.6 Å². The lowest BCUT2D eigenvalue weighted by Crippen LogP contribution is -2.23. The molecule has 1 N–H and O–H groups in total. The molecule has 0 saturated heterocycles. The van der Waals surface area contributed by atoms with Crippen molar-refractivity contribution in [1.29, 1.82) is 0 Å². The molecule has 1 aromatic rings. The van der Waals surface area contributed by atoms with Gasteiger partial charge in [-0.15, -0.1) is 0 Å².